The molecule has 2 aromatic rings. The van der Waals surface area contributed by atoms with Crippen molar-refractivity contribution >= 4 is 0 Å². The molecule has 1 aliphatic heterocycles. The van der Waals surface area contributed by atoms with Crippen LogP contribution in [0.5, 0.6) is 0 Å². The maximum absolute atomic E-state index is 6.27. The van der Waals surface area contributed by atoms with E-state index in [4.69, 9.17) is 11.2 Å². The monoisotopic (exact) mass is 304 g/mol. The zero-order chi connectivity index (χ0) is 15.9. The second kappa shape index (κ2) is 7.99. The molecule has 0 N–H and O–H groups in total. The van der Waals surface area contributed by atoms with E-state index >= 15 is 0 Å². The van der Waals surface area contributed by atoms with Crippen LogP contribution in [0.15, 0.2) is 60.7 Å². The van der Waals surface area contributed by atoms with Gasteiger partial charge >= 0.3 is 0 Å². The van der Waals surface area contributed by atoms with Crippen molar-refractivity contribution in [1.82, 2.24) is 0 Å². The van der Waals surface area contributed by atoms with Crippen LogP contribution in [0.1, 0.15) is 30.4 Å². The van der Waals surface area contributed by atoms with E-state index in [1.807, 2.05) is 0 Å². The minimum absolute atomic E-state index is 0.209. The first-order valence-electron chi connectivity index (χ1n) is 8.54. The molecule has 23 heavy (non-hydrogen) atoms. The highest BCUT2D eigenvalue weighted by molar-refractivity contribution is 5.16. The first-order valence-corrected chi connectivity index (χ1v) is 8.54. The van der Waals surface area contributed by atoms with Gasteiger partial charge in [0.1, 0.15) is 0 Å². The Morgan fingerprint density at radius 2 is 1.43 bits per heavy atom. The third kappa shape index (κ3) is 4.47. The third-order valence-electron chi connectivity index (χ3n) is 4.71. The van der Waals surface area contributed by atoms with Gasteiger partial charge in [-0.1, -0.05) is 60.7 Å². The normalized spacial score (nSPS) is 23.5. The third-order valence-corrected chi connectivity index (χ3v) is 4.71. The fourth-order valence-electron chi connectivity index (χ4n) is 3.39. The topological polar surface area (TPSA) is 9.23 Å². The summed E-state index contributed by atoms with van der Waals surface area (Å²) in [6, 6.07) is 21.2. The molecular weight excluding hydrogens is 280 g/mol. The zero-order valence-electron chi connectivity index (χ0n) is 13.5. The van der Waals surface area contributed by atoms with Crippen LogP contribution in [0.3, 0.4) is 0 Å². The molecule has 0 radical (unpaired) electrons. The van der Waals surface area contributed by atoms with E-state index in [2.05, 4.69) is 66.6 Å². The van der Waals surface area contributed by atoms with Crippen molar-refractivity contribution < 1.29 is 4.74 Å². The quantitative estimate of drug-likeness (QED) is 0.705. The van der Waals surface area contributed by atoms with E-state index in [1.54, 1.807) is 0 Å². The summed E-state index contributed by atoms with van der Waals surface area (Å²) in [4.78, 5) is 0. The van der Waals surface area contributed by atoms with E-state index in [0.29, 0.717) is 6.10 Å². The molecule has 0 aromatic heterocycles. The second-order valence-electron chi connectivity index (χ2n) is 6.35. The molecule has 1 heteroatoms. The molecule has 2 aromatic carbocycles. The Balaban J connectivity index is 1.50. The van der Waals surface area contributed by atoms with Crippen molar-refractivity contribution in [2.75, 3.05) is 0 Å². The minimum atomic E-state index is 0.209. The van der Waals surface area contributed by atoms with Crippen molar-refractivity contribution in [3.63, 3.8) is 0 Å². The van der Waals surface area contributed by atoms with Crippen LogP contribution in [0.25, 0.3) is 0 Å². The Bertz CT molecular complexity index is 626. The average molecular weight is 304 g/mol. The predicted molar refractivity (Wildman–Crippen MR) is 95.1 cm³/mol. The summed E-state index contributed by atoms with van der Waals surface area (Å²) in [5.41, 5.74) is 2.74. The Morgan fingerprint density at radius 3 is 2.00 bits per heavy atom. The summed E-state index contributed by atoms with van der Waals surface area (Å²) >= 11 is 0. The maximum atomic E-state index is 6.27. The van der Waals surface area contributed by atoms with Crippen LogP contribution in [-0.4, -0.2) is 12.2 Å². The molecule has 0 aliphatic carbocycles. The van der Waals surface area contributed by atoms with Crippen LogP contribution in [0, 0.1) is 18.3 Å². The number of rotatable bonds is 6. The Labute approximate surface area is 139 Å². The first-order chi connectivity index (χ1) is 11.3. The molecule has 0 spiro atoms. The molecule has 3 atom stereocenters. The number of benzene rings is 2. The minimum Gasteiger partial charge on any atom is -0.374 e. The van der Waals surface area contributed by atoms with Crippen LogP contribution >= 0.6 is 0 Å². The van der Waals surface area contributed by atoms with Gasteiger partial charge in [-0.25, -0.2) is 0 Å². The van der Waals surface area contributed by atoms with Crippen molar-refractivity contribution in [1.29, 1.82) is 0 Å². The highest BCUT2D eigenvalue weighted by Crippen LogP contribution is 2.31. The molecule has 0 amide bonds. The standard InChI is InChI=1S/C22H24O/c1-2-20-17-21(15-13-18-9-5-3-6-10-18)23-22(20)16-14-19-11-7-4-8-12-19/h1,3-12,20-22H,13-17H2/t20-,21+,22-/m0/s1. The van der Waals surface area contributed by atoms with E-state index < -0.39 is 0 Å². The Kier molecular flexibility index (Phi) is 5.51. The van der Waals surface area contributed by atoms with E-state index in [9.17, 15) is 0 Å². The van der Waals surface area contributed by atoms with Crippen LogP contribution in [0.2, 0.25) is 0 Å². The number of hydrogen-bond donors (Lipinski definition) is 0. The van der Waals surface area contributed by atoms with Gasteiger partial charge < -0.3 is 4.74 Å². The molecular formula is C22H24O. The molecule has 1 fully saturated rings. The summed E-state index contributed by atoms with van der Waals surface area (Å²) in [6.07, 6.45) is 11.4. The summed E-state index contributed by atoms with van der Waals surface area (Å²) in [7, 11) is 0. The van der Waals surface area contributed by atoms with E-state index in [0.717, 1.165) is 32.1 Å². The number of ether oxygens (including phenoxy) is 1. The SMILES string of the molecule is C#C[C@H]1C[C@@H](CCc2ccccc2)O[C@H]1CCc1ccccc1. The average Bonchev–Trinajstić information content (AvgIpc) is 3.02. The Morgan fingerprint density at radius 1 is 0.870 bits per heavy atom. The maximum Gasteiger partial charge on any atom is 0.0720 e. The lowest BCUT2D eigenvalue weighted by atomic mass is 9.94. The van der Waals surface area contributed by atoms with Gasteiger partial charge in [0.05, 0.1) is 12.2 Å². The van der Waals surface area contributed by atoms with Gasteiger partial charge in [0, 0.05) is 5.92 Å². The van der Waals surface area contributed by atoms with E-state index in [-0.39, 0.29) is 12.0 Å². The van der Waals surface area contributed by atoms with Gasteiger partial charge in [-0.2, -0.15) is 0 Å². The Hall–Kier alpha value is -2.04. The molecule has 0 unspecified atom stereocenters. The van der Waals surface area contributed by atoms with Gasteiger partial charge in [-0.05, 0) is 43.2 Å². The van der Waals surface area contributed by atoms with Gasteiger partial charge in [0.15, 0.2) is 0 Å². The van der Waals surface area contributed by atoms with Crippen molar-refractivity contribution in [2.24, 2.45) is 5.92 Å². The largest absolute Gasteiger partial charge is 0.374 e. The lowest BCUT2D eigenvalue weighted by Crippen LogP contribution is -2.16. The molecule has 118 valence electrons. The van der Waals surface area contributed by atoms with Crippen LogP contribution in [-0.2, 0) is 17.6 Å². The number of terminal acetylenes is 1. The summed E-state index contributed by atoms with van der Waals surface area (Å²) in [5, 5.41) is 0. The van der Waals surface area contributed by atoms with Gasteiger partial charge in [-0.3, -0.25) is 0 Å². The molecule has 3 rings (SSSR count). The molecule has 0 bridgehead atoms. The fraction of sp³-hybridized carbons (Fsp3) is 0.364. The predicted octanol–water partition coefficient (Wildman–Crippen LogP) is 4.66. The molecule has 1 aliphatic rings. The lowest BCUT2D eigenvalue weighted by molar-refractivity contribution is 0.0311. The van der Waals surface area contributed by atoms with Gasteiger partial charge in [-0.15, -0.1) is 12.3 Å². The van der Waals surface area contributed by atoms with Crippen LogP contribution in [0.4, 0.5) is 0 Å². The lowest BCUT2D eigenvalue weighted by Gasteiger charge is -2.15. The summed E-state index contributed by atoms with van der Waals surface area (Å²) in [6.45, 7) is 0. The summed E-state index contributed by atoms with van der Waals surface area (Å²) < 4.78 is 6.27. The van der Waals surface area contributed by atoms with Gasteiger partial charge in [0.2, 0.25) is 0 Å². The fourth-order valence-corrected chi connectivity index (χ4v) is 3.39. The van der Waals surface area contributed by atoms with Gasteiger partial charge in [0.25, 0.3) is 0 Å². The first kappa shape index (κ1) is 15.8. The van der Waals surface area contributed by atoms with Crippen molar-refractivity contribution in [3.05, 3.63) is 71.8 Å². The highest BCUT2D eigenvalue weighted by Gasteiger charge is 2.33. The smallest absolute Gasteiger partial charge is 0.0720 e. The van der Waals surface area contributed by atoms with Crippen molar-refractivity contribution in [3.8, 4) is 12.3 Å². The highest BCUT2D eigenvalue weighted by atomic mass is 16.5. The zero-order valence-corrected chi connectivity index (χ0v) is 13.5. The summed E-state index contributed by atoms with van der Waals surface area (Å²) in [5.74, 6) is 3.22. The number of aryl methyl sites for hydroxylation is 2. The number of hydrogen-bond acceptors (Lipinski definition) is 1. The molecule has 1 saturated heterocycles. The second-order valence-corrected chi connectivity index (χ2v) is 6.35. The van der Waals surface area contributed by atoms with Crippen LogP contribution < -0.4 is 0 Å². The molecule has 0 saturated carbocycles. The molecule has 1 heterocycles. The molecule has 1 nitrogen and oxygen atoms in total. The van der Waals surface area contributed by atoms with Crippen molar-refractivity contribution in [2.45, 2.75) is 44.3 Å². The van der Waals surface area contributed by atoms with E-state index in [1.165, 1.54) is 11.1 Å².